The van der Waals surface area contributed by atoms with Crippen molar-refractivity contribution >= 4 is 11.9 Å². The molecular weight excluding hydrogens is 346 g/mol. The van der Waals surface area contributed by atoms with Gasteiger partial charge in [0.25, 0.3) is 0 Å². The van der Waals surface area contributed by atoms with Gasteiger partial charge in [-0.15, -0.1) is 0 Å². The third-order valence-corrected chi connectivity index (χ3v) is 5.07. The number of rotatable bonds is 5. The number of piperazine rings is 1. The van der Waals surface area contributed by atoms with Crippen molar-refractivity contribution < 1.29 is 4.74 Å². The lowest BCUT2D eigenvalue weighted by Gasteiger charge is -2.35. The van der Waals surface area contributed by atoms with Crippen molar-refractivity contribution in [3.05, 3.63) is 84.4 Å². The molecule has 0 aliphatic carbocycles. The van der Waals surface area contributed by atoms with Gasteiger partial charge in [0.15, 0.2) is 0 Å². The lowest BCUT2D eigenvalue weighted by atomic mass is 10.0. The van der Waals surface area contributed by atoms with Crippen molar-refractivity contribution in [2.24, 2.45) is 5.10 Å². The molecule has 0 amide bonds. The first-order chi connectivity index (χ1) is 13.8. The van der Waals surface area contributed by atoms with Crippen molar-refractivity contribution in [2.45, 2.75) is 0 Å². The Bertz CT molecular complexity index is 914. The predicted molar refractivity (Wildman–Crippen MR) is 116 cm³/mol. The standard InChI is InChI=1S/C24H25N3O/c1-28-24-10-6-5-9-23(24)26-15-17-27(18-16-26)25-19-20-11-13-22(14-12-20)21-7-3-2-4-8-21/h2-14,19H,15-18H2,1H3. The minimum atomic E-state index is 0.899. The maximum atomic E-state index is 5.49. The minimum absolute atomic E-state index is 0.899. The zero-order valence-corrected chi connectivity index (χ0v) is 16.2. The molecule has 0 unspecified atom stereocenters. The van der Waals surface area contributed by atoms with Crippen LogP contribution in [0.2, 0.25) is 0 Å². The van der Waals surface area contributed by atoms with Crippen LogP contribution in [0.5, 0.6) is 5.75 Å². The van der Waals surface area contributed by atoms with E-state index < -0.39 is 0 Å². The highest BCUT2D eigenvalue weighted by atomic mass is 16.5. The van der Waals surface area contributed by atoms with Crippen LogP contribution in [0, 0.1) is 0 Å². The Balaban J connectivity index is 1.35. The van der Waals surface area contributed by atoms with Gasteiger partial charge in [-0.25, -0.2) is 0 Å². The molecule has 0 radical (unpaired) electrons. The van der Waals surface area contributed by atoms with Gasteiger partial charge < -0.3 is 9.64 Å². The molecule has 142 valence electrons. The number of para-hydroxylation sites is 2. The van der Waals surface area contributed by atoms with E-state index in [9.17, 15) is 0 Å². The number of ether oxygens (including phenoxy) is 1. The highest BCUT2D eigenvalue weighted by Crippen LogP contribution is 2.28. The Morgan fingerprint density at radius 3 is 2.11 bits per heavy atom. The van der Waals surface area contributed by atoms with E-state index in [1.807, 2.05) is 24.4 Å². The first-order valence-electron chi connectivity index (χ1n) is 9.66. The zero-order valence-electron chi connectivity index (χ0n) is 16.2. The number of hydrazone groups is 1. The first-order valence-corrected chi connectivity index (χ1v) is 9.66. The van der Waals surface area contributed by atoms with Crippen LogP contribution in [0.4, 0.5) is 5.69 Å². The summed E-state index contributed by atoms with van der Waals surface area (Å²) in [5, 5.41) is 6.81. The van der Waals surface area contributed by atoms with Gasteiger partial charge in [-0.1, -0.05) is 66.7 Å². The van der Waals surface area contributed by atoms with Crippen LogP contribution in [-0.4, -0.2) is 44.5 Å². The SMILES string of the molecule is COc1ccccc1N1CCN(N=Cc2ccc(-c3ccccc3)cc2)CC1. The molecule has 28 heavy (non-hydrogen) atoms. The highest BCUT2D eigenvalue weighted by molar-refractivity contribution is 5.80. The summed E-state index contributed by atoms with van der Waals surface area (Å²) in [6.07, 6.45) is 1.95. The van der Waals surface area contributed by atoms with E-state index in [1.165, 1.54) is 11.1 Å². The molecule has 1 saturated heterocycles. The first kappa shape index (κ1) is 18.1. The van der Waals surface area contributed by atoms with Crippen LogP contribution < -0.4 is 9.64 Å². The van der Waals surface area contributed by atoms with Gasteiger partial charge >= 0.3 is 0 Å². The smallest absolute Gasteiger partial charge is 0.142 e. The number of hydrogen-bond acceptors (Lipinski definition) is 4. The third-order valence-electron chi connectivity index (χ3n) is 5.07. The van der Waals surface area contributed by atoms with Crippen LogP contribution in [0.25, 0.3) is 11.1 Å². The Morgan fingerprint density at radius 2 is 1.39 bits per heavy atom. The van der Waals surface area contributed by atoms with E-state index in [0.717, 1.165) is 43.2 Å². The van der Waals surface area contributed by atoms with E-state index in [2.05, 4.69) is 75.7 Å². The second-order valence-electron chi connectivity index (χ2n) is 6.85. The quantitative estimate of drug-likeness (QED) is 0.618. The lowest BCUT2D eigenvalue weighted by molar-refractivity contribution is 0.271. The summed E-state index contributed by atoms with van der Waals surface area (Å²) in [6, 6.07) is 27.2. The number of benzene rings is 3. The number of methoxy groups -OCH3 is 1. The van der Waals surface area contributed by atoms with Crippen LogP contribution >= 0.6 is 0 Å². The van der Waals surface area contributed by atoms with Crippen molar-refractivity contribution in [3.63, 3.8) is 0 Å². The fourth-order valence-corrected chi connectivity index (χ4v) is 3.48. The lowest BCUT2D eigenvalue weighted by Crippen LogP contribution is -2.44. The van der Waals surface area contributed by atoms with Crippen LogP contribution in [0.15, 0.2) is 84.0 Å². The normalized spacial score (nSPS) is 14.5. The van der Waals surface area contributed by atoms with Gasteiger partial charge in [0, 0.05) is 13.1 Å². The maximum Gasteiger partial charge on any atom is 0.142 e. The molecule has 1 fully saturated rings. The Morgan fingerprint density at radius 1 is 0.750 bits per heavy atom. The molecular formula is C24H25N3O. The molecule has 0 saturated carbocycles. The fraction of sp³-hybridized carbons (Fsp3) is 0.208. The molecule has 4 nitrogen and oxygen atoms in total. The van der Waals surface area contributed by atoms with Gasteiger partial charge in [0.1, 0.15) is 5.75 Å². The van der Waals surface area contributed by atoms with Crippen LogP contribution in [0.3, 0.4) is 0 Å². The van der Waals surface area contributed by atoms with E-state index >= 15 is 0 Å². The molecule has 0 atom stereocenters. The molecule has 0 spiro atoms. The van der Waals surface area contributed by atoms with E-state index in [1.54, 1.807) is 7.11 Å². The highest BCUT2D eigenvalue weighted by Gasteiger charge is 2.18. The van der Waals surface area contributed by atoms with Gasteiger partial charge in [-0.05, 0) is 28.8 Å². The van der Waals surface area contributed by atoms with E-state index in [-0.39, 0.29) is 0 Å². The molecule has 4 heteroatoms. The molecule has 3 aromatic carbocycles. The molecule has 1 heterocycles. The Kier molecular flexibility index (Phi) is 5.57. The van der Waals surface area contributed by atoms with Gasteiger partial charge in [0.2, 0.25) is 0 Å². The Hall–Kier alpha value is -3.27. The summed E-state index contributed by atoms with van der Waals surface area (Å²) in [6.45, 7) is 3.67. The van der Waals surface area contributed by atoms with Crippen molar-refractivity contribution in [1.82, 2.24) is 5.01 Å². The molecule has 4 rings (SSSR count). The molecule has 1 aliphatic rings. The van der Waals surface area contributed by atoms with E-state index in [0.29, 0.717) is 0 Å². The summed E-state index contributed by atoms with van der Waals surface area (Å²) < 4.78 is 5.49. The van der Waals surface area contributed by atoms with Gasteiger partial charge in [-0.2, -0.15) is 5.10 Å². The van der Waals surface area contributed by atoms with Crippen molar-refractivity contribution in [3.8, 4) is 16.9 Å². The molecule has 0 N–H and O–H groups in total. The molecule has 0 aromatic heterocycles. The minimum Gasteiger partial charge on any atom is -0.495 e. The zero-order chi connectivity index (χ0) is 19.2. The van der Waals surface area contributed by atoms with Crippen LogP contribution in [-0.2, 0) is 0 Å². The number of nitrogens with zero attached hydrogens (tertiary/aromatic N) is 3. The summed E-state index contributed by atoms with van der Waals surface area (Å²) in [4.78, 5) is 2.36. The molecule has 1 aliphatic heterocycles. The fourth-order valence-electron chi connectivity index (χ4n) is 3.48. The third kappa shape index (κ3) is 4.17. The van der Waals surface area contributed by atoms with Crippen molar-refractivity contribution in [2.75, 3.05) is 38.2 Å². The average Bonchev–Trinajstić information content (AvgIpc) is 2.79. The van der Waals surface area contributed by atoms with Crippen LogP contribution in [0.1, 0.15) is 5.56 Å². The topological polar surface area (TPSA) is 28.1 Å². The monoisotopic (exact) mass is 371 g/mol. The molecule has 0 bridgehead atoms. The maximum absolute atomic E-state index is 5.49. The van der Waals surface area contributed by atoms with Gasteiger partial charge in [0.05, 0.1) is 32.1 Å². The predicted octanol–water partition coefficient (Wildman–Crippen LogP) is 4.52. The Labute approximate surface area is 166 Å². The van der Waals surface area contributed by atoms with Crippen molar-refractivity contribution in [1.29, 1.82) is 0 Å². The summed E-state index contributed by atoms with van der Waals surface area (Å²) in [5.41, 5.74) is 4.73. The summed E-state index contributed by atoms with van der Waals surface area (Å²) in [5.74, 6) is 0.929. The van der Waals surface area contributed by atoms with Gasteiger partial charge in [-0.3, -0.25) is 5.01 Å². The average molecular weight is 371 g/mol. The second kappa shape index (κ2) is 8.61. The van der Waals surface area contributed by atoms with E-state index in [4.69, 9.17) is 4.74 Å². The second-order valence-corrected chi connectivity index (χ2v) is 6.85. The largest absolute Gasteiger partial charge is 0.495 e. The summed E-state index contributed by atoms with van der Waals surface area (Å²) in [7, 11) is 1.72. The summed E-state index contributed by atoms with van der Waals surface area (Å²) >= 11 is 0. The number of anilines is 1. The molecule has 3 aromatic rings. The number of hydrogen-bond donors (Lipinski definition) is 0.